The molecule has 158 valence electrons. The van der Waals surface area contributed by atoms with Gasteiger partial charge in [-0.15, -0.1) is 0 Å². The maximum absolute atomic E-state index is 12.6. The number of aryl methyl sites for hydroxylation is 1. The summed E-state index contributed by atoms with van der Waals surface area (Å²) in [7, 11) is 0. The van der Waals surface area contributed by atoms with Crippen molar-refractivity contribution >= 4 is 0 Å². The van der Waals surface area contributed by atoms with Crippen molar-refractivity contribution in [2.75, 3.05) is 0 Å². The van der Waals surface area contributed by atoms with E-state index < -0.39 is 11.1 Å². The summed E-state index contributed by atoms with van der Waals surface area (Å²) in [6.45, 7) is 8.37. The van der Waals surface area contributed by atoms with Crippen LogP contribution in [0.25, 0.3) is 17.1 Å². The minimum Gasteiger partial charge on any atom is -0.337 e. The van der Waals surface area contributed by atoms with Crippen molar-refractivity contribution in [1.82, 2.24) is 19.3 Å². The third-order valence-electron chi connectivity index (χ3n) is 5.22. The first kappa shape index (κ1) is 20.5. The van der Waals surface area contributed by atoms with E-state index in [2.05, 4.69) is 30.9 Å². The Morgan fingerprint density at radius 3 is 2.32 bits per heavy atom. The van der Waals surface area contributed by atoms with Crippen LogP contribution in [0, 0.1) is 6.92 Å². The zero-order valence-electron chi connectivity index (χ0n) is 18.0. The lowest BCUT2D eigenvalue weighted by Gasteiger charge is -2.18. The minimum atomic E-state index is -0.653. The second-order valence-corrected chi connectivity index (χ2v) is 8.53. The highest BCUT2D eigenvalue weighted by molar-refractivity contribution is 5.55. The Balaban J connectivity index is 1.59. The molecule has 7 nitrogen and oxygen atoms in total. The summed E-state index contributed by atoms with van der Waals surface area (Å²) in [6.07, 6.45) is 3.13. The van der Waals surface area contributed by atoms with E-state index in [1.807, 2.05) is 49.4 Å². The topological polar surface area (TPSA) is 82.9 Å². The maximum atomic E-state index is 12.6. The fraction of sp³-hybridized carbons (Fsp3) is 0.250. The quantitative estimate of drug-likeness (QED) is 0.474. The molecule has 0 saturated heterocycles. The molecular formula is C24H24N4O3. The lowest BCUT2D eigenvalue weighted by atomic mass is 9.87. The Kier molecular flexibility index (Phi) is 5.19. The molecule has 0 spiro atoms. The van der Waals surface area contributed by atoms with Gasteiger partial charge in [0.2, 0.25) is 11.7 Å². The molecule has 0 bridgehead atoms. The Morgan fingerprint density at radius 1 is 0.935 bits per heavy atom. The van der Waals surface area contributed by atoms with E-state index in [0.29, 0.717) is 11.5 Å². The Hall–Kier alpha value is -3.74. The van der Waals surface area contributed by atoms with Crippen LogP contribution in [0.5, 0.6) is 0 Å². The predicted octanol–water partition coefficient (Wildman–Crippen LogP) is 3.70. The first-order valence-corrected chi connectivity index (χ1v) is 10.1. The van der Waals surface area contributed by atoms with Crippen molar-refractivity contribution in [3.63, 3.8) is 0 Å². The van der Waals surface area contributed by atoms with Crippen molar-refractivity contribution in [2.24, 2.45) is 0 Å². The molecule has 0 saturated carbocycles. The molecule has 4 aromatic rings. The van der Waals surface area contributed by atoms with E-state index in [1.165, 1.54) is 14.7 Å². The van der Waals surface area contributed by atoms with E-state index in [9.17, 15) is 9.59 Å². The zero-order valence-corrected chi connectivity index (χ0v) is 18.0. The first-order valence-electron chi connectivity index (χ1n) is 10.1. The van der Waals surface area contributed by atoms with Crippen LogP contribution in [0.15, 0.2) is 75.0 Å². The molecule has 0 fully saturated rings. The maximum Gasteiger partial charge on any atom is 0.320 e. The first-order chi connectivity index (χ1) is 14.7. The van der Waals surface area contributed by atoms with Gasteiger partial charge >= 0.3 is 11.1 Å². The molecule has 2 aromatic heterocycles. The number of nitrogens with zero attached hydrogens (tertiary/aromatic N) is 4. The largest absolute Gasteiger partial charge is 0.337 e. The Morgan fingerprint density at radius 2 is 1.65 bits per heavy atom. The van der Waals surface area contributed by atoms with Crippen molar-refractivity contribution in [2.45, 2.75) is 39.7 Å². The van der Waals surface area contributed by atoms with E-state index >= 15 is 0 Å². The molecule has 2 heterocycles. The van der Waals surface area contributed by atoms with E-state index in [4.69, 9.17) is 4.52 Å². The van der Waals surface area contributed by atoms with E-state index in [-0.39, 0.29) is 17.9 Å². The van der Waals surface area contributed by atoms with Crippen LogP contribution in [0.3, 0.4) is 0 Å². The van der Waals surface area contributed by atoms with Gasteiger partial charge in [-0.2, -0.15) is 4.98 Å². The van der Waals surface area contributed by atoms with Crippen LogP contribution in [-0.4, -0.2) is 19.3 Å². The summed E-state index contributed by atoms with van der Waals surface area (Å²) < 4.78 is 7.95. The van der Waals surface area contributed by atoms with Gasteiger partial charge in [0, 0.05) is 18.0 Å². The highest BCUT2D eigenvalue weighted by atomic mass is 16.5. The van der Waals surface area contributed by atoms with Crippen LogP contribution >= 0.6 is 0 Å². The summed E-state index contributed by atoms with van der Waals surface area (Å²) in [6, 6.07) is 15.4. The number of hydrogen-bond acceptors (Lipinski definition) is 5. The molecule has 0 aliphatic carbocycles. The molecule has 2 aromatic carbocycles. The van der Waals surface area contributed by atoms with Crippen LogP contribution in [0.1, 0.15) is 37.8 Å². The number of para-hydroxylation sites is 1. The van der Waals surface area contributed by atoms with Gasteiger partial charge in [0.25, 0.3) is 0 Å². The minimum absolute atomic E-state index is 0.0236. The average Bonchev–Trinajstić information content (AvgIpc) is 3.20. The van der Waals surface area contributed by atoms with E-state index in [0.717, 1.165) is 11.1 Å². The van der Waals surface area contributed by atoms with Gasteiger partial charge in [-0.25, -0.2) is 0 Å². The molecule has 4 rings (SSSR count). The lowest BCUT2D eigenvalue weighted by Crippen LogP contribution is -2.40. The van der Waals surface area contributed by atoms with Crippen LogP contribution in [-0.2, 0) is 12.0 Å². The number of rotatable bonds is 4. The van der Waals surface area contributed by atoms with E-state index in [1.54, 1.807) is 18.5 Å². The molecule has 0 atom stereocenters. The smallest absolute Gasteiger partial charge is 0.320 e. The zero-order chi connectivity index (χ0) is 22.2. The monoisotopic (exact) mass is 416 g/mol. The Bertz CT molecular complexity index is 1340. The summed E-state index contributed by atoms with van der Waals surface area (Å²) in [5.41, 5.74) is 2.39. The second kappa shape index (κ2) is 7.83. The predicted molar refractivity (Wildman–Crippen MR) is 119 cm³/mol. The van der Waals surface area contributed by atoms with Crippen molar-refractivity contribution in [1.29, 1.82) is 0 Å². The fourth-order valence-corrected chi connectivity index (χ4v) is 3.36. The van der Waals surface area contributed by atoms with Crippen molar-refractivity contribution in [3.8, 4) is 17.1 Å². The average molecular weight is 416 g/mol. The lowest BCUT2D eigenvalue weighted by molar-refractivity contribution is 0.369. The summed E-state index contributed by atoms with van der Waals surface area (Å²) in [5, 5.41) is 4.02. The van der Waals surface area contributed by atoms with Gasteiger partial charge < -0.3 is 4.52 Å². The normalized spacial score (nSPS) is 11.6. The van der Waals surface area contributed by atoms with Crippen molar-refractivity contribution < 1.29 is 4.52 Å². The summed E-state index contributed by atoms with van der Waals surface area (Å²) in [4.78, 5) is 29.6. The fourth-order valence-electron chi connectivity index (χ4n) is 3.36. The van der Waals surface area contributed by atoms with Gasteiger partial charge in [-0.3, -0.25) is 18.7 Å². The molecule has 0 unspecified atom stereocenters. The van der Waals surface area contributed by atoms with Crippen LogP contribution < -0.4 is 11.1 Å². The third-order valence-corrected chi connectivity index (χ3v) is 5.22. The second-order valence-electron chi connectivity index (χ2n) is 8.53. The molecular weight excluding hydrogens is 392 g/mol. The van der Waals surface area contributed by atoms with Gasteiger partial charge in [-0.05, 0) is 29.5 Å². The molecule has 0 amide bonds. The number of aromatic nitrogens is 4. The molecule has 0 N–H and O–H groups in total. The highest BCUT2D eigenvalue weighted by Crippen LogP contribution is 2.25. The van der Waals surface area contributed by atoms with Crippen molar-refractivity contribution in [3.05, 3.63) is 98.6 Å². The van der Waals surface area contributed by atoms with Gasteiger partial charge in [0.1, 0.15) is 6.54 Å². The number of hydrogen-bond donors (Lipinski definition) is 0. The molecule has 0 radical (unpaired) electrons. The number of benzene rings is 2. The SMILES string of the molecule is Cc1ccccc1-n1ccn(Cc2nc(-c3ccc(C(C)(C)C)cc3)no2)c(=O)c1=O. The Labute approximate surface area is 179 Å². The van der Waals surface area contributed by atoms with Crippen LogP contribution in [0.2, 0.25) is 0 Å². The summed E-state index contributed by atoms with van der Waals surface area (Å²) >= 11 is 0. The van der Waals surface area contributed by atoms with Gasteiger partial charge in [0.05, 0.1) is 5.69 Å². The van der Waals surface area contributed by atoms with Gasteiger partial charge in [0.15, 0.2) is 0 Å². The molecule has 0 aliphatic heterocycles. The molecule has 7 heteroatoms. The standard InChI is InChI=1S/C24H24N4O3/c1-16-7-5-6-8-19(16)28-14-13-27(22(29)23(28)30)15-20-25-21(26-31-20)17-9-11-18(12-10-17)24(2,3)4/h5-14H,15H2,1-4H3. The third kappa shape index (κ3) is 4.12. The molecule has 0 aliphatic rings. The highest BCUT2D eigenvalue weighted by Gasteiger charge is 2.16. The summed E-state index contributed by atoms with van der Waals surface area (Å²) in [5.74, 6) is 0.696. The van der Waals surface area contributed by atoms with Crippen LogP contribution in [0.4, 0.5) is 0 Å². The molecule has 31 heavy (non-hydrogen) atoms. The van der Waals surface area contributed by atoms with Gasteiger partial charge in [-0.1, -0.05) is 68.4 Å².